The summed E-state index contributed by atoms with van der Waals surface area (Å²) in [6.45, 7) is 6.76. The molecule has 0 spiro atoms. The van der Waals surface area contributed by atoms with Gasteiger partial charge in [0, 0.05) is 11.4 Å². The van der Waals surface area contributed by atoms with Crippen molar-refractivity contribution in [2.75, 3.05) is 18.5 Å². The molecule has 0 unspecified atom stereocenters. The highest BCUT2D eigenvalue weighted by Crippen LogP contribution is 2.44. The van der Waals surface area contributed by atoms with E-state index in [0.29, 0.717) is 27.1 Å². The van der Waals surface area contributed by atoms with Crippen LogP contribution in [0.4, 0.5) is 5.00 Å². The maximum atomic E-state index is 12.8. The molecule has 0 bridgehead atoms. The van der Waals surface area contributed by atoms with Crippen LogP contribution in [-0.2, 0) is 12.8 Å². The quantitative estimate of drug-likeness (QED) is 0.647. The molecular formula is C22H27ClN2O3S. The number of amides is 2. The maximum Gasteiger partial charge on any atom is 0.257 e. The lowest BCUT2D eigenvalue weighted by molar-refractivity contribution is 0.0944. The van der Waals surface area contributed by atoms with E-state index in [9.17, 15) is 9.59 Å². The summed E-state index contributed by atoms with van der Waals surface area (Å²) in [5.41, 5.74) is 2.09. The van der Waals surface area contributed by atoms with Crippen molar-refractivity contribution in [3.05, 3.63) is 50.9 Å². The van der Waals surface area contributed by atoms with E-state index < -0.39 is 0 Å². The van der Waals surface area contributed by atoms with Crippen molar-refractivity contribution < 1.29 is 14.7 Å². The van der Waals surface area contributed by atoms with E-state index in [1.54, 1.807) is 24.3 Å². The number of benzene rings is 1. The summed E-state index contributed by atoms with van der Waals surface area (Å²) in [6, 6.07) is 6.84. The largest absolute Gasteiger partial charge is 0.395 e. The molecule has 1 aliphatic rings. The number of hydrogen-bond acceptors (Lipinski definition) is 4. The van der Waals surface area contributed by atoms with Crippen molar-refractivity contribution in [1.29, 1.82) is 0 Å². The van der Waals surface area contributed by atoms with Gasteiger partial charge in [0.15, 0.2) is 0 Å². The minimum Gasteiger partial charge on any atom is -0.395 e. The number of nitrogens with one attached hydrogen (secondary N) is 2. The summed E-state index contributed by atoms with van der Waals surface area (Å²) in [5.74, 6) is -0.0767. The molecule has 0 saturated heterocycles. The molecule has 1 atom stereocenters. The zero-order chi connectivity index (χ0) is 21.2. The van der Waals surface area contributed by atoms with Gasteiger partial charge in [0.05, 0.1) is 22.8 Å². The Hall–Kier alpha value is -1.89. The van der Waals surface area contributed by atoms with Crippen LogP contribution < -0.4 is 10.6 Å². The normalized spacial score (nSPS) is 16.2. The number of thiophene rings is 1. The molecule has 2 amide bonds. The number of aliphatic hydroxyl groups excluding tert-OH is 1. The molecule has 0 radical (unpaired) electrons. The van der Waals surface area contributed by atoms with Crippen LogP contribution in [0.2, 0.25) is 5.02 Å². The second-order valence-electron chi connectivity index (χ2n) is 8.43. The third-order valence-electron chi connectivity index (χ3n) is 5.46. The van der Waals surface area contributed by atoms with Crippen molar-refractivity contribution in [2.24, 2.45) is 11.3 Å². The van der Waals surface area contributed by atoms with Crippen molar-refractivity contribution in [3.8, 4) is 0 Å². The van der Waals surface area contributed by atoms with E-state index in [1.807, 2.05) is 0 Å². The Morgan fingerprint density at radius 3 is 2.62 bits per heavy atom. The molecule has 1 aromatic heterocycles. The predicted molar refractivity (Wildman–Crippen MR) is 118 cm³/mol. The van der Waals surface area contributed by atoms with Crippen LogP contribution in [0, 0.1) is 11.3 Å². The van der Waals surface area contributed by atoms with Crippen LogP contribution in [0.1, 0.15) is 58.3 Å². The van der Waals surface area contributed by atoms with Crippen molar-refractivity contribution in [1.82, 2.24) is 5.32 Å². The Morgan fingerprint density at radius 1 is 1.24 bits per heavy atom. The summed E-state index contributed by atoms with van der Waals surface area (Å²) in [4.78, 5) is 26.8. The van der Waals surface area contributed by atoms with Crippen molar-refractivity contribution in [2.45, 2.75) is 40.0 Å². The van der Waals surface area contributed by atoms with E-state index in [4.69, 9.17) is 16.7 Å². The van der Waals surface area contributed by atoms with Gasteiger partial charge in [-0.1, -0.05) is 44.5 Å². The molecule has 3 N–H and O–H groups in total. The first-order valence-electron chi connectivity index (χ1n) is 9.81. The zero-order valence-electron chi connectivity index (χ0n) is 17.0. The molecule has 0 aliphatic heterocycles. The number of fused-ring (bicyclic) bond motifs is 1. The number of carbonyl (C=O) groups is 2. The van der Waals surface area contributed by atoms with Crippen LogP contribution in [0.3, 0.4) is 0 Å². The van der Waals surface area contributed by atoms with E-state index in [0.717, 1.165) is 29.7 Å². The highest BCUT2D eigenvalue weighted by atomic mass is 35.5. The molecule has 1 aromatic carbocycles. The second kappa shape index (κ2) is 8.86. The Labute approximate surface area is 180 Å². The van der Waals surface area contributed by atoms with Gasteiger partial charge in [-0.3, -0.25) is 9.59 Å². The highest BCUT2D eigenvalue weighted by Gasteiger charge is 2.34. The molecule has 3 rings (SSSR count). The number of rotatable bonds is 5. The molecule has 1 heterocycles. The van der Waals surface area contributed by atoms with Crippen LogP contribution in [-0.4, -0.2) is 30.1 Å². The Kier molecular flexibility index (Phi) is 6.66. The highest BCUT2D eigenvalue weighted by molar-refractivity contribution is 7.17. The van der Waals surface area contributed by atoms with Gasteiger partial charge >= 0.3 is 0 Å². The van der Waals surface area contributed by atoms with Gasteiger partial charge in [-0.2, -0.15) is 0 Å². The lowest BCUT2D eigenvalue weighted by atomic mass is 9.72. The number of anilines is 1. The average molecular weight is 435 g/mol. The predicted octanol–water partition coefficient (Wildman–Crippen LogP) is 4.53. The molecular weight excluding hydrogens is 408 g/mol. The van der Waals surface area contributed by atoms with E-state index in [-0.39, 0.29) is 30.4 Å². The molecule has 1 aliphatic carbocycles. The first-order chi connectivity index (χ1) is 13.7. The number of halogens is 1. The topological polar surface area (TPSA) is 78.4 Å². The van der Waals surface area contributed by atoms with Gasteiger partial charge < -0.3 is 15.7 Å². The van der Waals surface area contributed by atoms with Crippen molar-refractivity contribution in [3.63, 3.8) is 0 Å². The number of carbonyl (C=O) groups excluding carboxylic acids is 2. The smallest absolute Gasteiger partial charge is 0.257 e. The SMILES string of the molecule is CC(C)(C)[C@@H]1CCc2c(sc(NC(=O)c3ccccc3Cl)c2C(=O)NCCO)C1. The first-order valence-corrected chi connectivity index (χ1v) is 11.0. The second-order valence-corrected chi connectivity index (χ2v) is 9.94. The fourth-order valence-electron chi connectivity index (χ4n) is 3.73. The van der Waals surface area contributed by atoms with E-state index >= 15 is 0 Å². The van der Waals surface area contributed by atoms with Gasteiger partial charge in [0.25, 0.3) is 11.8 Å². The number of hydrogen-bond donors (Lipinski definition) is 3. The summed E-state index contributed by atoms with van der Waals surface area (Å²) in [5, 5.41) is 15.6. The lowest BCUT2D eigenvalue weighted by Gasteiger charge is -2.33. The van der Waals surface area contributed by atoms with E-state index in [1.165, 1.54) is 11.3 Å². The van der Waals surface area contributed by atoms with Gasteiger partial charge in [-0.05, 0) is 48.3 Å². The lowest BCUT2D eigenvalue weighted by Crippen LogP contribution is -2.30. The monoisotopic (exact) mass is 434 g/mol. The van der Waals surface area contributed by atoms with Gasteiger partial charge in [-0.25, -0.2) is 0 Å². The summed E-state index contributed by atoms with van der Waals surface area (Å²) in [6.07, 6.45) is 2.70. The Balaban J connectivity index is 1.95. The fraction of sp³-hybridized carbons (Fsp3) is 0.455. The van der Waals surface area contributed by atoms with Gasteiger partial charge in [-0.15, -0.1) is 11.3 Å². The Bertz CT molecular complexity index is 917. The molecule has 156 valence electrons. The van der Waals surface area contributed by atoms with Crippen LogP contribution >= 0.6 is 22.9 Å². The van der Waals surface area contributed by atoms with E-state index in [2.05, 4.69) is 31.4 Å². The molecule has 7 heteroatoms. The average Bonchev–Trinajstić information content (AvgIpc) is 3.02. The minimum atomic E-state index is -0.335. The Morgan fingerprint density at radius 2 is 1.97 bits per heavy atom. The summed E-state index contributed by atoms with van der Waals surface area (Å²) < 4.78 is 0. The molecule has 0 fully saturated rings. The van der Waals surface area contributed by atoms with Gasteiger partial charge in [0.1, 0.15) is 5.00 Å². The molecule has 29 heavy (non-hydrogen) atoms. The standard InChI is InChI=1S/C22H27ClN2O3S/c1-22(2,3)13-8-9-15-17(12-13)29-21(18(15)20(28)24-10-11-26)25-19(27)14-6-4-5-7-16(14)23/h4-7,13,26H,8-12H2,1-3H3,(H,24,28)(H,25,27)/t13-/m1/s1. The maximum absolute atomic E-state index is 12.8. The minimum absolute atomic E-state index is 0.133. The molecule has 0 saturated carbocycles. The van der Waals surface area contributed by atoms with Crippen LogP contribution in [0.25, 0.3) is 0 Å². The first kappa shape index (κ1) is 21.8. The zero-order valence-corrected chi connectivity index (χ0v) is 18.5. The molecule has 5 nitrogen and oxygen atoms in total. The number of aliphatic hydroxyl groups is 1. The van der Waals surface area contributed by atoms with Crippen LogP contribution in [0.15, 0.2) is 24.3 Å². The van der Waals surface area contributed by atoms with Crippen LogP contribution in [0.5, 0.6) is 0 Å². The summed E-state index contributed by atoms with van der Waals surface area (Å²) in [7, 11) is 0. The third kappa shape index (κ3) is 4.82. The fourth-order valence-corrected chi connectivity index (χ4v) is 5.27. The van der Waals surface area contributed by atoms with Crippen molar-refractivity contribution >= 4 is 39.8 Å². The summed E-state index contributed by atoms with van der Waals surface area (Å²) >= 11 is 7.64. The molecule has 2 aromatic rings. The van der Waals surface area contributed by atoms with Gasteiger partial charge in [0.2, 0.25) is 0 Å². The third-order valence-corrected chi connectivity index (χ3v) is 6.96.